The number of piperidine rings is 1. The van der Waals surface area contributed by atoms with Crippen LogP contribution in [0.5, 0.6) is 0 Å². The molecule has 2 nitrogen and oxygen atoms in total. The Morgan fingerprint density at radius 2 is 2.00 bits per heavy atom. The normalized spacial score (nSPS) is 23.7. The molecular formula is C16H22N2. The Morgan fingerprint density at radius 3 is 2.67 bits per heavy atom. The molecule has 0 unspecified atom stereocenters. The van der Waals surface area contributed by atoms with Crippen molar-refractivity contribution in [3.05, 3.63) is 41.6 Å². The highest BCUT2D eigenvalue weighted by Crippen LogP contribution is 2.52. The largest absolute Gasteiger partial charge is 0.345 e. The first-order chi connectivity index (χ1) is 8.83. The topological polar surface area (TPSA) is 15.3 Å². The van der Waals surface area contributed by atoms with Gasteiger partial charge in [-0.3, -0.25) is 0 Å². The second-order valence-electron chi connectivity index (χ2n) is 5.27. The molecule has 2 aliphatic rings. The van der Waals surface area contributed by atoms with Crippen LogP contribution in [0.4, 0.5) is 5.69 Å². The van der Waals surface area contributed by atoms with Gasteiger partial charge in [-0.1, -0.05) is 24.3 Å². The first-order valence-electron chi connectivity index (χ1n) is 7.08. The molecule has 1 aromatic carbocycles. The lowest BCUT2D eigenvalue weighted by Crippen LogP contribution is -2.41. The maximum Gasteiger partial charge on any atom is 0.0450 e. The molecule has 2 aliphatic heterocycles. The molecule has 2 heteroatoms. The number of allylic oxidation sites excluding steroid dienone is 2. The number of fused-ring (bicyclic) bond motifs is 2. The van der Waals surface area contributed by atoms with E-state index in [0.29, 0.717) is 0 Å². The van der Waals surface area contributed by atoms with Gasteiger partial charge in [-0.25, -0.2) is 0 Å². The molecule has 0 aromatic heterocycles. The van der Waals surface area contributed by atoms with Crippen LogP contribution in [0.2, 0.25) is 0 Å². The van der Waals surface area contributed by atoms with Crippen molar-refractivity contribution < 1.29 is 0 Å². The second kappa shape index (κ2) is 4.43. The highest BCUT2D eigenvalue weighted by Gasteiger charge is 2.46. The molecule has 0 atom stereocenters. The molecule has 0 aliphatic carbocycles. The Kier molecular flexibility index (Phi) is 2.90. The van der Waals surface area contributed by atoms with Crippen LogP contribution < -0.4 is 10.2 Å². The molecule has 0 radical (unpaired) electrons. The van der Waals surface area contributed by atoms with Gasteiger partial charge in [0.2, 0.25) is 0 Å². The van der Waals surface area contributed by atoms with Crippen LogP contribution in [0, 0.1) is 0 Å². The minimum Gasteiger partial charge on any atom is -0.345 e. The summed E-state index contributed by atoms with van der Waals surface area (Å²) in [4.78, 5) is 2.50. The number of hydrogen-bond acceptors (Lipinski definition) is 2. The van der Waals surface area contributed by atoms with E-state index < -0.39 is 0 Å². The minimum atomic E-state index is 0.270. The summed E-state index contributed by atoms with van der Waals surface area (Å²) in [5.41, 5.74) is 4.76. The Labute approximate surface area is 110 Å². The van der Waals surface area contributed by atoms with Crippen molar-refractivity contribution in [1.82, 2.24) is 5.32 Å². The van der Waals surface area contributed by atoms with Crippen LogP contribution in [-0.2, 0) is 5.41 Å². The monoisotopic (exact) mass is 242 g/mol. The van der Waals surface area contributed by atoms with Crippen LogP contribution in [-0.4, -0.2) is 19.6 Å². The van der Waals surface area contributed by atoms with Crippen molar-refractivity contribution >= 4 is 5.69 Å². The van der Waals surface area contributed by atoms with Gasteiger partial charge < -0.3 is 10.2 Å². The fourth-order valence-electron chi connectivity index (χ4n) is 3.79. The van der Waals surface area contributed by atoms with Gasteiger partial charge in [0.1, 0.15) is 0 Å². The van der Waals surface area contributed by atoms with Gasteiger partial charge in [-0.2, -0.15) is 0 Å². The van der Waals surface area contributed by atoms with E-state index in [1.54, 1.807) is 5.56 Å². The Bertz CT molecular complexity index is 470. The smallest absolute Gasteiger partial charge is 0.0450 e. The molecule has 1 saturated heterocycles. The third-order valence-electron chi connectivity index (χ3n) is 4.54. The van der Waals surface area contributed by atoms with Crippen LogP contribution in [0.1, 0.15) is 32.3 Å². The third-order valence-corrected chi connectivity index (χ3v) is 4.54. The highest BCUT2D eigenvalue weighted by molar-refractivity contribution is 5.71. The van der Waals surface area contributed by atoms with E-state index in [1.807, 2.05) is 0 Å². The summed E-state index contributed by atoms with van der Waals surface area (Å²) in [5.74, 6) is 0. The molecule has 3 rings (SSSR count). The zero-order valence-corrected chi connectivity index (χ0v) is 11.4. The SMILES string of the molecule is C/C=C1\N(CC)c2ccccc2C12CCNCC2. The highest BCUT2D eigenvalue weighted by atomic mass is 15.2. The predicted molar refractivity (Wildman–Crippen MR) is 77.0 cm³/mol. The van der Waals surface area contributed by atoms with Gasteiger partial charge in [0.25, 0.3) is 0 Å². The maximum absolute atomic E-state index is 3.50. The third kappa shape index (κ3) is 1.45. The van der Waals surface area contributed by atoms with Gasteiger partial charge in [0.15, 0.2) is 0 Å². The predicted octanol–water partition coefficient (Wildman–Crippen LogP) is 3.05. The number of hydrogen-bond donors (Lipinski definition) is 1. The maximum atomic E-state index is 3.50. The first kappa shape index (κ1) is 11.8. The first-order valence-corrected chi connectivity index (χ1v) is 7.08. The van der Waals surface area contributed by atoms with Gasteiger partial charge >= 0.3 is 0 Å². The summed E-state index contributed by atoms with van der Waals surface area (Å²) < 4.78 is 0. The zero-order valence-electron chi connectivity index (χ0n) is 11.4. The molecule has 1 aromatic rings. The zero-order chi connectivity index (χ0) is 12.6. The Balaban J connectivity index is 2.18. The molecule has 0 bridgehead atoms. The molecule has 18 heavy (non-hydrogen) atoms. The standard InChI is InChI=1S/C16H22N2/c1-3-15-16(9-11-17-12-10-16)13-7-5-6-8-14(13)18(15)4-2/h3,5-8,17H,4,9-12H2,1-2H3/b15-3-. The number of likely N-dealkylation sites (N-methyl/N-ethyl adjacent to an activating group) is 1. The number of nitrogens with zero attached hydrogens (tertiary/aromatic N) is 1. The lowest BCUT2D eigenvalue weighted by Gasteiger charge is -2.37. The lowest BCUT2D eigenvalue weighted by molar-refractivity contribution is 0.361. The van der Waals surface area contributed by atoms with Crippen LogP contribution in [0.25, 0.3) is 0 Å². The summed E-state index contributed by atoms with van der Waals surface area (Å²) in [6.07, 6.45) is 4.77. The van der Waals surface area contributed by atoms with Gasteiger partial charge in [0.05, 0.1) is 0 Å². The molecular weight excluding hydrogens is 220 g/mol. The van der Waals surface area contributed by atoms with Crippen molar-refractivity contribution in [2.75, 3.05) is 24.5 Å². The van der Waals surface area contributed by atoms with Gasteiger partial charge in [0, 0.05) is 23.3 Å². The summed E-state index contributed by atoms with van der Waals surface area (Å²) in [5, 5.41) is 3.50. The summed E-state index contributed by atoms with van der Waals surface area (Å²) >= 11 is 0. The Morgan fingerprint density at radius 1 is 1.28 bits per heavy atom. The fourth-order valence-corrected chi connectivity index (χ4v) is 3.79. The van der Waals surface area contributed by atoms with Crippen molar-refractivity contribution in [2.24, 2.45) is 0 Å². The van der Waals surface area contributed by atoms with Crippen molar-refractivity contribution in [3.8, 4) is 0 Å². The van der Waals surface area contributed by atoms with E-state index in [9.17, 15) is 0 Å². The molecule has 1 spiro atoms. The van der Waals surface area contributed by atoms with E-state index in [0.717, 1.165) is 19.6 Å². The number of para-hydroxylation sites is 1. The van der Waals surface area contributed by atoms with Gasteiger partial charge in [-0.05, 0) is 51.4 Å². The molecule has 2 heterocycles. The average Bonchev–Trinajstić information content (AvgIpc) is 2.69. The van der Waals surface area contributed by atoms with E-state index in [1.165, 1.54) is 24.2 Å². The summed E-state index contributed by atoms with van der Waals surface area (Å²) in [7, 11) is 0. The Hall–Kier alpha value is -1.28. The fraction of sp³-hybridized carbons (Fsp3) is 0.500. The quantitative estimate of drug-likeness (QED) is 0.814. The molecule has 1 fully saturated rings. The number of benzene rings is 1. The van der Waals surface area contributed by atoms with E-state index >= 15 is 0 Å². The number of anilines is 1. The van der Waals surface area contributed by atoms with Crippen LogP contribution in [0.3, 0.4) is 0 Å². The van der Waals surface area contributed by atoms with Crippen molar-refractivity contribution in [3.63, 3.8) is 0 Å². The molecule has 1 N–H and O–H groups in total. The van der Waals surface area contributed by atoms with Crippen molar-refractivity contribution in [1.29, 1.82) is 0 Å². The van der Waals surface area contributed by atoms with Crippen LogP contribution in [0.15, 0.2) is 36.0 Å². The minimum absolute atomic E-state index is 0.270. The molecule has 96 valence electrons. The van der Waals surface area contributed by atoms with Crippen molar-refractivity contribution in [2.45, 2.75) is 32.1 Å². The molecule has 0 amide bonds. The van der Waals surface area contributed by atoms with E-state index in [2.05, 4.69) is 54.4 Å². The van der Waals surface area contributed by atoms with E-state index in [4.69, 9.17) is 0 Å². The number of nitrogens with one attached hydrogen (secondary N) is 1. The molecule has 0 saturated carbocycles. The summed E-state index contributed by atoms with van der Waals surface area (Å²) in [6.45, 7) is 7.76. The lowest BCUT2D eigenvalue weighted by atomic mass is 9.72. The average molecular weight is 242 g/mol. The number of rotatable bonds is 1. The van der Waals surface area contributed by atoms with Crippen LogP contribution >= 0.6 is 0 Å². The second-order valence-corrected chi connectivity index (χ2v) is 5.27. The summed E-state index contributed by atoms with van der Waals surface area (Å²) in [6, 6.07) is 8.96. The van der Waals surface area contributed by atoms with Gasteiger partial charge in [-0.15, -0.1) is 0 Å². The van der Waals surface area contributed by atoms with E-state index in [-0.39, 0.29) is 5.41 Å².